The molecule has 3 N–H and O–H groups in total. The van der Waals surface area contributed by atoms with Crippen LogP contribution in [0.3, 0.4) is 0 Å². The van der Waals surface area contributed by atoms with Gasteiger partial charge >= 0.3 is 6.03 Å². The van der Waals surface area contributed by atoms with E-state index in [0.717, 1.165) is 22.0 Å². The normalized spacial score (nSPS) is 15.8. The number of rotatable bonds is 4. The highest BCUT2D eigenvalue weighted by Gasteiger charge is 2.30. The van der Waals surface area contributed by atoms with E-state index in [9.17, 15) is 9.59 Å². The number of carbonyl (C=O) groups is 2. The molecule has 1 saturated heterocycles. The van der Waals surface area contributed by atoms with Gasteiger partial charge in [-0.2, -0.15) is 0 Å². The van der Waals surface area contributed by atoms with E-state index in [-0.39, 0.29) is 11.9 Å². The van der Waals surface area contributed by atoms with Crippen molar-refractivity contribution in [2.45, 2.75) is 6.04 Å². The molecule has 1 fully saturated rings. The number of primary amides is 1. The molecule has 1 aliphatic heterocycles. The van der Waals surface area contributed by atoms with Crippen LogP contribution in [0.4, 0.5) is 10.5 Å². The fraction of sp³-hybridized carbons (Fsp3) is 0.217. The zero-order valence-electron chi connectivity index (χ0n) is 16.1. The van der Waals surface area contributed by atoms with Crippen molar-refractivity contribution in [2.24, 2.45) is 5.73 Å². The molecule has 0 saturated carbocycles. The van der Waals surface area contributed by atoms with Crippen LogP contribution in [-0.4, -0.2) is 47.9 Å². The number of fused-ring (bicyclic) bond motifs is 1. The first-order valence-electron chi connectivity index (χ1n) is 9.75. The van der Waals surface area contributed by atoms with Crippen LogP contribution < -0.4 is 11.1 Å². The third-order valence-electron chi connectivity index (χ3n) is 5.38. The highest BCUT2D eigenvalue weighted by molar-refractivity contribution is 6.01. The molecule has 3 aromatic carbocycles. The van der Waals surface area contributed by atoms with Crippen LogP contribution in [-0.2, 0) is 4.79 Å². The minimum Gasteiger partial charge on any atom is -0.368 e. The second kappa shape index (κ2) is 8.32. The van der Waals surface area contributed by atoms with E-state index in [1.807, 2.05) is 77.7 Å². The summed E-state index contributed by atoms with van der Waals surface area (Å²) in [5.74, 6) is -0.371. The number of nitrogens with two attached hydrogens (primary N) is 1. The Morgan fingerprint density at radius 3 is 2.21 bits per heavy atom. The van der Waals surface area contributed by atoms with Gasteiger partial charge in [0.1, 0.15) is 6.04 Å². The highest BCUT2D eigenvalue weighted by atomic mass is 16.2. The number of amides is 3. The first-order chi connectivity index (χ1) is 14.1. The van der Waals surface area contributed by atoms with E-state index in [2.05, 4.69) is 5.32 Å². The van der Waals surface area contributed by atoms with Gasteiger partial charge in [-0.3, -0.25) is 9.69 Å². The molecular weight excluding hydrogens is 364 g/mol. The SMILES string of the molecule is NC(=O)[C@@H](c1ccccc1)N1CCN(C(=O)Nc2cccc3ccccc23)CC1. The predicted octanol–water partition coefficient (Wildman–Crippen LogP) is 3.22. The summed E-state index contributed by atoms with van der Waals surface area (Å²) < 4.78 is 0. The van der Waals surface area contributed by atoms with E-state index in [1.54, 1.807) is 4.90 Å². The minimum atomic E-state index is -0.473. The Morgan fingerprint density at radius 2 is 1.48 bits per heavy atom. The number of nitrogens with one attached hydrogen (secondary N) is 1. The average Bonchev–Trinajstić information content (AvgIpc) is 2.75. The minimum absolute atomic E-state index is 0.128. The van der Waals surface area contributed by atoms with E-state index < -0.39 is 6.04 Å². The van der Waals surface area contributed by atoms with Crippen molar-refractivity contribution in [2.75, 3.05) is 31.5 Å². The van der Waals surface area contributed by atoms with Crippen LogP contribution in [0.1, 0.15) is 11.6 Å². The summed E-state index contributed by atoms with van der Waals surface area (Å²) in [5.41, 5.74) is 7.36. The number of hydrogen-bond donors (Lipinski definition) is 2. The van der Waals surface area contributed by atoms with Crippen LogP contribution in [0.2, 0.25) is 0 Å². The lowest BCUT2D eigenvalue weighted by Crippen LogP contribution is -2.52. The predicted molar refractivity (Wildman–Crippen MR) is 114 cm³/mol. The summed E-state index contributed by atoms with van der Waals surface area (Å²) in [7, 11) is 0. The number of piperazine rings is 1. The smallest absolute Gasteiger partial charge is 0.321 e. The first-order valence-corrected chi connectivity index (χ1v) is 9.75. The Bertz CT molecular complexity index is 1010. The molecule has 3 amide bonds. The molecule has 1 heterocycles. The van der Waals surface area contributed by atoms with E-state index in [4.69, 9.17) is 5.73 Å². The van der Waals surface area contributed by atoms with Gasteiger partial charge in [-0.15, -0.1) is 0 Å². The van der Waals surface area contributed by atoms with Crippen molar-refractivity contribution in [1.82, 2.24) is 9.80 Å². The van der Waals surface area contributed by atoms with Gasteiger partial charge in [0.05, 0.1) is 5.69 Å². The highest BCUT2D eigenvalue weighted by Crippen LogP contribution is 2.25. The molecule has 1 atom stereocenters. The molecule has 0 aromatic heterocycles. The fourth-order valence-corrected chi connectivity index (χ4v) is 3.90. The average molecular weight is 388 g/mol. The molecule has 6 nitrogen and oxygen atoms in total. The lowest BCUT2D eigenvalue weighted by atomic mass is 10.0. The monoisotopic (exact) mass is 388 g/mol. The van der Waals surface area contributed by atoms with Crippen LogP contribution in [0.5, 0.6) is 0 Å². The molecule has 0 radical (unpaired) electrons. The molecule has 1 aliphatic rings. The van der Waals surface area contributed by atoms with Gasteiger partial charge < -0.3 is 16.0 Å². The van der Waals surface area contributed by atoms with Crippen molar-refractivity contribution in [1.29, 1.82) is 0 Å². The second-order valence-electron chi connectivity index (χ2n) is 7.20. The summed E-state index contributed by atoms with van der Waals surface area (Å²) in [6.07, 6.45) is 0. The van der Waals surface area contributed by atoms with Gasteiger partial charge in [-0.1, -0.05) is 66.7 Å². The largest absolute Gasteiger partial charge is 0.368 e. The second-order valence-corrected chi connectivity index (χ2v) is 7.20. The summed E-state index contributed by atoms with van der Waals surface area (Å²) in [6, 6.07) is 22.8. The third-order valence-corrected chi connectivity index (χ3v) is 5.38. The van der Waals surface area contributed by atoms with Crippen molar-refractivity contribution < 1.29 is 9.59 Å². The molecule has 0 spiro atoms. The van der Waals surface area contributed by atoms with E-state index in [1.165, 1.54) is 0 Å². The van der Waals surface area contributed by atoms with Gasteiger partial charge in [0.2, 0.25) is 5.91 Å². The molecule has 0 aliphatic carbocycles. The third kappa shape index (κ3) is 4.07. The standard InChI is InChI=1S/C23H24N4O2/c24-22(28)21(18-8-2-1-3-9-18)26-13-15-27(16-14-26)23(29)25-20-12-6-10-17-7-4-5-11-19(17)20/h1-12,21H,13-16H2,(H2,24,28)(H,25,29)/t21-/m1/s1. The number of benzene rings is 3. The van der Waals surface area contributed by atoms with Crippen LogP contribution in [0.15, 0.2) is 72.8 Å². The Hall–Kier alpha value is -3.38. The number of nitrogens with zero attached hydrogens (tertiary/aromatic N) is 2. The van der Waals surface area contributed by atoms with Crippen molar-refractivity contribution in [3.05, 3.63) is 78.4 Å². The van der Waals surface area contributed by atoms with Crippen molar-refractivity contribution in [3.8, 4) is 0 Å². The number of hydrogen-bond acceptors (Lipinski definition) is 3. The lowest BCUT2D eigenvalue weighted by molar-refractivity contribution is -0.124. The number of anilines is 1. The topological polar surface area (TPSA) is 78.7 Å². The maximum absolute atomic E-state index is 12.8. The Balaban J connectivity index is 1.42. The summed E-state index contributed by atoms with van der Waals surface area (Å²) >= 11 is 0. The summed E-state index contributed by atoms with van der Waals surface area (Å²) in [6.45, 7) is 2.25. The van der Waals surface area contributed by atoms with Crippen LogP contribution >= 0.6 is 0 Å². The van der Waals surface area contributed by atoms with Gasteiger partial charge in [-0.25, -0.2) is 4.79 Å². The molecule has 6 heteroatoms. The Kier molecular flexibility index (Phi) is 5.44. The molecule has 4 rings (SSSR count). The van der Waals surface area contributed by atoms with Crippen molar-refractivity contribution in [3.63, 3.8) is 0 Å². The summed E-state index contributed by atoms with van der Waals surface area (Å²) in [5, 5.41) is 5.13. The van der Waals surface area contributed by atoms with Crippen LogP contribution in [0.25, 0.3) is 10.8 Å². The molecule has 3 aromatic rings. The summed E-state index contributed by atoms with van der Waals surface area (Å²) in [4.78, 5) is 28.7. The molecule has 0 unspecified atom stereocenters. The van der Waals surface area contributed by atoms with Gasteiger partial charge in [-0.05, 0) is 17.0 Å². The van der Waals surface area contributed by atoms with Gasteiger partial charge in [0.15, 0.2) is 0 Å². The number of urea groups is 1. The maximum atomic E-state index is 12.8. The Morgan fingerprint density at radius 1 is 0.828 bits per heavy atom. The molecular formula is C23H24N4O2. The zero-order valence-corrected chi connectivity index (χ0v) is 16.1. The quantitative estimate of drug-likeness (QED) is 0.720. The molecule has 148 valence electrons. The van der Waals surface area contributed by atoms with E-state index >= 15 is 0 Å². The first kappa shape index (κ1) is 19.0. The Labute approximate surface area is 169 Å². The maximum Gasteiger partial charge on any atom is 0.321 e. The fourth-order valence-electron chi connectivity index (χ4n) is 3.90. The molecule has 29 heavy (non-hydrogen) atoms. The zero-order chi connectivity index (χ0) is 20.2. The number of carbonyl (C=O) groups excluding carboxylic acids is 2. The van der Waals surface area contributed by atoms with Gasteiger partial charge in [0, 0.05) is 31.6 Å². The molecule has 0 bridgehead atoms. The van der Waals surface area contributed by atoms with E-state index in [0.29, 0.717) is 26.2 Å². The van der Waals surface area contributed by atoms with Gasteiger partial charge in [0.25, 0.3) is 0 Å². The van der Waals surface area contributed by atoms with Crippen molar-refractivity contribution >= 4 is 28.4 Å². The lowest BCUT2D eigenvalue weighted by Gasteiger charge is -2.38. The van der Waals surface area contributed by atoms with Crippen LogP contribution in [0, 0.1) is 0 Å².